The predicted octanol–water partition coefficient (Wildman–Crippen LogP) is 1.40. The molecule has 18 heavy (non-hydrogen) atoms. The van der Waals surface area contributed by atoms with Gasteiger partial charge in [-0.15, -0.1) is 24.2 Å². The van der Waals surface area contributed by atoms with E-state index in [2.05, 4.69) is 10.6 Å². The fourth-order valence-electron chi connectivity index (χ4n) is 1.66. The maximum absolute atomic E-state index is 11.8. The first-order chi connectivity index (χ1) is 8.29. The fraction of sp³-hybridized carbons (Fsp3) is 0.417. The highest BCUT2D eigenvalue weighted by atomic mass is 35.5. The Morgan fingerprint density at radius 3 is 3.11 bits per heavy atom. The van der Waals surface area contributed by atoms with Gasteiger partial charge in [0.1, 0.15) is 5.75 Å². The van der Waals surface area contributed by atoms with Crippen molar-refractivity contribution in [2.24, 2.45) is 0 Å². The summed E-state index contributed by atoms with van der Waals surface area (Å²) in [5.41, 5.74) is 1.04. The van der Waals surface area contributed by atoms with Gasteiger partial charge < -0.3 is 10.1 Å². The van der Waals surface area contributed by atoms with E-state index in [1.807, 2.05) is 24.3 Å². The lowest BCUT2D eigenvalue weighted by atomic mass is 10.2. The molecule has 0 bridgehead atoms. The highest BCUT2D eigenvalue weighted by Gasteiger charge is 2.21. The Bertz CT molecular complexity index is 397. The van der Waals surface area contributed by atoms with Crippen molar-refractivity contribution in [3.05, 3.63) is 29.8 Å². The zero-order valence-corrected chi connectivity index (χ0v) is 11.8. The average molecular weight is 289 g/mol. The second-order valence-electron chi connectivity index (χ2n) is 3.84. The van der Waals surface area contributed by atoms with Crippen LogP contribution >= 0.6 is 24.2 Å². The van der Waals surface area contributed by atoms with Crippen molar-refractivity contribution in [3.63, 3.8) is 0 Å². The molecule has 0 radical (unpaired) electrons. The summed E-state index contributed by atoms with van der Waals surface area (Å²) in [6.07, 6.45) is 0. The van der Waals surface area contributed by atoms with Gasteiger partial charge in [0, 0.05) is 18.2 Å². The molecule has 2 rings (SSSR count). The van der Waals surface area contributed by atoms with Crippen molar-refractivity contribution in [2.75, 3.05) is 18.7 Å². The molecular weight excluding hydrogens is 272 g/mol. The highest BCUT2D eigenvalue weighted by Crippen LogP contribution is 2.13. The molecule has 1 unspecified atom stereocenters. The van der Waals surface area contributed by atoms with Crippen molar-refractivity contribution in [1.29, 1.82) is 0 Å². The van der Waals surface area contributed by atoms with E-state index in [9.17, 15) is 4.79 Å². The normalized spacial score (nSPS) is 17.9. The summed E-state index contributed by atoms with van der Waals surface area (Å²) in [6, 6.07) is 7.66. The van der Waals surface area contributed by atoms with E-state index in [4.69, 9.17) is 4.74 Å². The summed E-state index contributed by atoms with van der Waals surface area (Å²) in [5.74, 6) is 2.59. The third kappa shape index (κ3) is 4.08. The predicted molar refractivity (Wildman–Crippen MR) is 76.3 cm³/mol. The number of ether oxygens (including phenoxy) is 1. The van der Waals surface area contributed by atoms with E-state index in [0.717, 1.165) is 22.9 Å². The van der Waals surface area contributed by atoms with Gasteiger partial charge in [-0.3, -0.25) is 10.1 Å². The van der Waals surface area contributed by atoms with Gasteiger partial charge in [0.2, 0.25) is 5.91 Å². The zero-order valence-electron chi connectivity index (χ0n) is 10.1. The largest absolute Gasteiger partial charge is 0.497 e. The minimum absolute atomic E-state index is 0. The second kappa shape index (κ2) is 7.51. The van der Waals surface area contributed by atoms with E-state index < -0.39 is 0 Å². The zero-order chi connectivity index (χ0) is 12.1. The third-order valence-corrected chi connectivity index (χ3v) is 3.57. The van der Waals surface area contributed by atoms with Crippen LogP contribution in [0.2, 0.25) is 0 Å². The molecule has 0 aromatic heterocycles. The van der Waals surface area contributed by atoms with E-state index in [1.165, 1.54) is 0 Å². The molecule has 1 heterocycles. The number of halogens is 1. The van der Waals surface area contributed by atoms with Crippen molar-refractivity contribution in [1.82, 2.24) is 10.6 Å². The number of hydrogen-bond acceptors (Lipinski definition) is 4. The summed E-state index contributed by atoms with van der Waals surface area (Å²) in [6.45, 7) is 0.541. The number of nitrogens with one attached hydrogen (secondary N) is 2. The fourth-order valence-corrected chi connectivity index (χ4v) is 2.60. The van der Waals surface area contributed by atoms with E-state index >= 15 is 0 Å². The first-order valence-corrected chi connectivity index (χ1v) is 6.67. The molecule has 100 valence electrons. The van der Waals surface area contributed by atoms with Crippen LogP contribution in [0.4, 0.5) is 0 Å². The molecule has 0 aliphatic carbocycles. The van der Waals surface area contributed by atoms with Crippen LogP contribution in [0.5, 0.6) is 5.75 Å². The smallest absolute Gasteiger partial charge is 0.238 e. The summed E-state index contributed by atoms with van der Waals surface area (Å²) in [7, 11) is 1.64. The Balaban J connectivity index is 0.00000162. The van der Waals surface area contributed by atoms with Crippen molar-refractivity contribution in [3.8, 4) is 5.75 Å². The first kappa shape index (κ1) is 15.1. The molecule has 1 aromatic carbocycles. The van der Waals surface area contributed by atoms with Gasteiger partial charge >= 0.3 is 0 Å². The Morgan fingerprint density at radius 2 is 2.44 bits per heavy atom. The molecule has 1 aliphatic rings. The lowest BCUT2D eigenvalue weighted by Gasteiger charge is -2.11. The molecule has 1 saturated heterocycles. The molecule has 2 N–H and O–H groups in total. The summed E-state index contributed by atoms with van der Waals surface area (Å²) in [5, 5.41) is 6.06. The topological polar surface area (TPSA) is 50.4 Å². The van der Waals surface area contributed by atoms with Crippen LogP contribution in [0.3, 0.4) is 0 Å². The van der Waals surface area contributed by atoms with Crippen LogP contribution in [0.1, 0.15) is 5.56 Å². The lowest BCUT2D eigenvalue weighted by molar-refractivity contribution is -0.122. The van der Waals surface area contributed by atoms with E-state index in [-0.39, 0.29) is 24.4 Å². The number of methoxy groups -OCH3 is 1. The summed E-state index contributed by atoms with van der Waals surface area (Å²) >= 11 is 1.75. The van der Waals surface area contributed by atoms with Gasteiger partial charge in [-0.25, -0.2) is 0 Å². The van der Waals surface area contributed by atoms with Gasteiger partial charge in [0.15, 0.2) is 0 Å². The molecule has 6 heteroatoms. The number of carbonyl (C=O) groups excluding carboxylic acids is 1. The Labute approximate surface area is 117 Å². The van der Waals surface area contributed by atoms with Gasteiger partial charge in [-0.05, 0) is 17.7 Å². The molecule has 1 atom stereocenters. The van der Waals surface area contributed by atoms with Crippen LogP contribution < -0.4 is 15.4 Å². The molecule has 1 aliphatic heterocycles. The summed E-state index contributed by atoms with van der Waals surface area (Å²) < 4.78 is 5.13. The maximum atomic E-state index is 11.8. The SMILES string of the molecule is COc1cccc(CNC(=O)C2CSCN2)c1.Cl. The Hall–Kier alpha value is -0.910. The van der Waals surface area contributed by atoms with Crippen molar-refractivity contribution in [2.45, 2.75) is 12.6 Å². The van der Waals surface area contributed by atoms with Crippen LogP contribution in [0.15, 0.2) is 24.3 Å². The van der Waals surface area contributed by atoms with Gasteiger partial charge in [-0.1, -0.05) is 12.1 Å². The Kier molecular flexibility index (Phi) is 6.32. The third-order valence-electron chi connectivity index (χ3n) is 2.63. The molecule has 0 saturated carbocycles. The van der Waals surface area contributed by atoms with E-state index in [1.54, 1.807) is 18.9 Å². The highest BCUT2D eigenvalue weighted by molar-refractivity contribution is 7.99. The number of amides is 1. The van der Waals surface area contributed by atoms with Gasteiger partial charge in [0.05, 0.1) is 13.2 Å². The number of benzene rings is 1. The molecule has 0 spiro atoms. The van der Waals surface area contributed by atoms with Crippen molar-refractivity contribution < 1.29 is 9.53 Å². The standard InChI is InChI=1S/C12H16N2O2S.ClH/c1-16-10-4-2-3-9(5-10)6-13-12(15)11-7-17-8-14-11;/h2-5,11,14H,6-8H2,1H3,(H,13,15);1H. The number of thioether (sulfide) groups is 1. The first-order valence-electron chi connectivity index (χ1n) is 5.51. The number of hydrogen-bond donors (Lipinski definition) is 2. The minimum Gasteiger partial charge on any atom is -0.497 e. The van der Waals surface area contributed by atoms with Crippen LogP contribution in [-0.4, -0.2) is 30.7 Å². The number of carbonyl (C=O) groups is 1. The monoisotopic (exact) mass is 288 g/mol. The van der Waals surface area contributed by atoms with Crippen LogP contribution in [0.25, 0.3) is 0 Å². The molecule has 1 fully saturated rings. The molecule has 1 amide bonds. The lowest BCUT2D eigenvalue weighted by Crippen LogP contribution is -2.41. The van der Waals surface area contributed by atoms with Crippen LogP contribution in [0, 0.1) is 0 Å². The van der Waals surface area contributed by atoms with Crippen LogP contribution in [-0.2, 0) is 11.3 Å². The van der Waals surface area contributed by atoms with Gasteiger partial charge in [-0.2, -0.15) is 0 Å². The number of rotatable bonds is 4. The maximum Gasteiger partial charge on any atom is 0.238 e. The average Bonchev–Trinajstić information content (AvgIpc) is 2.90. The molecule has 1 aromatic rings. The summed E-state index contributed by atoms with van der Waals surface area (Å²) in [4.78, 5) is 11.8. The van der Waals surface area contributed by atoms with Gasteiger partial charge in [0.25, 0.3) is 0 Å². The van der Waals surface area contributed by atoms with Crippen molar-refractivity contribution >= 4 is 30.1 Å². The Morgan fingerprint density at radius 1 is 1.61 bits per heavy atom. The minimum atomic E-state index is -0.0504. The molecule has 4 nitrogen and oxygen atoms in total. The quantitative estimate of drug-likeness (QED) is 0.879. The molecular formula is C12H17ClN2O2S. The second-order valence-corrected chi connectivity index (χ2v) is 4.87. The van der Waals surface area contributed by atoms with E-state index in [0.29, 0.717) is 6.54 Å².